The second-order valence-electron chi connectivity index (χ2n) is 4.86. The molecule has 0 unspecified atom stereocenters. The lowest BCUT2D eigenvalue weighted by atomic mass is 10.1. The van der Waals surface area contributed by atoms with Crippen LogP contribution in [0.2, 0.25) is 5.02 Å². The Balaban J connectivity index is 2.11. The molecule has 0 fully saturated rings. The molecule has 0 bridgehead atoms. The van der Waals surface area contributed by atoms with Crippen LogP contribution < -0.4 is 10.5 Å². The van der Waals surface area contributed by atoms with Gasteiger partial charge in [-0.1, -0.05) is 29.8 Å². The number of halogens is 2. The third-order valence-electron chi connectivity index (χ3n) is 3.07. The fourth-order valence-corrected chi connectivity index (χ4v) is 2.13. The Hall–Kier alpha value is -1.58. The molecule has 0 amide bonds. The van der Waals surface area contributed by atoms with Crippen molar-refractivity contribution in [2.24, 2.45) is 5.73 Å². The van der Waals surface area contributed by atoms with E-state index in [0.29, 0.717) is 5.02 Å². The molecule has 20 heavy (non-hydrogen) atoms. The highest BCUT2D eigenvalue weighted by molar-refractivity contribution is 6.31. The number of rotatable bonds is 4. The van der Waals surface area contributed by atoms with Gasteiger partial charge in [0.15, 0.2) is 11.6 Å². The maximum atomic E-state index is 13.9. The summed E-state index contributed by atoms with van der Waals surface area (Å²) in [5, 5.41) is 0.623. The van der Waals surface area contributed by atoms with Crippen molar-refractivity contribution in [2.45, 2.75) is 26.5 Å². The zero-order chi connectivity index (χ0) is 14.7. The predicted octanol–water partition coefficient (Wildman–Crippen LogP) is 4.39. The normalized spacial score (nSPS) is 12.2. The van der Waals surface area contributed by atoms with Crippen LogP contribution in [0.3, 0.4) is 0 Å². The van der Waals surface area contributed by atoms with Crippen molar-refractivity contribution in [3.63, 3.8) is 0 Å². The molecule has 2 nitrogen and oxygen atoms in total. The SMILES string of the molecule is Cc1ccc(COc2ccc([C@@H](C)N)cc2F)c(Cl)c1. The van der Waals surface area contributed by atoms with Crippen molar-refractivity contribution < 1.29 is 9.13 Å². The van der Waals surface area contributed by atoms with Gasteiger partial charge in [-0.2, -0.15) is 0 Å². The Labute approximate surface area is 123 Å². The number of nitrogens with two attached hydrogens (primary N) is 1. The highest BCUT2D eigenvalue weighted by Gasteiger charge is 2.08. The first-order chi connectivity index (χ1) is 9.47. The molecule has 4 heteroatoms. The average molecular weight is 294 g/mol. The molecule has 2 N–H and O–H groups in total. The summed E-state index contributed by atoms with van der Waals surface area (Å²) in [6.07, 6.45) is 0. The molecular formula is C16H17ClFNO. The van der Waals surface area contributed by atoms with Crippen LogP contribution in [0.5, 0.6) is 5.75 Å². The molecule has 2 aromatic rings. The Bertz CT molecular complexity index is 613. The molecule has 0 heterocycles. The van der Waals surface area contributed by atoms with Gasteiger partial charge in [0.2, 0.25) is 0 Å². The molecule has 0 aliphatic heterocycles. The monoisotopic (exact) mass is 293 g/mol. The Morgan fingerprint density at radius 3 is 2.60 bits per heavy atom. The zero-order valence-electron chi connectivity index (χ0n) is 11.5. The van der Waals surface area contributed by atoms with E-state index in [1.165, 1.54) is 6.07 Å². The van der Waals surface area contributed by atoms with Crippen LogP contribution in [0.4, 0.5) is 4.39 Å². The summed E-state index contributed by atoms with van der Waals surface area (Å²) >= 11 is 6.11. The Kier molecular flexibility index (Phi) is 4.63. The number of ether oxygens (including phenoxy) is 1. The van der Waals surface area contributed by atoms with Crippen LogP contribution in [0.1, 0.15) is 29.7 Å². The number of hydrogen-bond donors (Lipinski definition) is 1. The summed E-state index contributed by atoms with van der Waals surface area (Å²) in [7, 11) is 0. The van der Waals surface area contributed by atoms with Gasteiger partial charge < -0.3 is 10.5 Å². The van der Waals surface area contributed by atoms with Crippen molar-refractivity contribution >= 4 is 11.6 Å². The first-order valence-electron chi connectivity index (χ1n) is 6.40. The molecule has 0 saturated heterocycles. The fourth-order valence-electron chi connectivity index (χ4n) is 1.84. The fraction of sp³-hybridized carbons (Fsp3) is 0.250. The number of benzene rings is 2. The quantitative estimate of drug-likeness (QED) is 0.907. The summed E-state index contributed by atoms with van der Waals surface area (Å²) in [5.41, 5.74) is 8.35. The Morgan fingerprint density at radius 1 is 1.25 bits per heavy atom. The summed E-state index contributed by atoms with van der Waals surface area (Å²) in [6, 6.07) is 10.2. The van der Waals surface area contributed by atoms with Gasteiger partial charge >= 0.3 is 0 Å². The molecule has 0 radical (unpaired) electrons. The lowest BCUT2D eigenvalue weighted by molar-refractivity contribution is 0.290. The second kappa shape index (κ2) is 6.25. The van der Waals surface area contributed by atoms with Gasteiger partial charge in [-0.15, -0.1) is 0 Å². The van der Waals surface area contributed by atoms with Crippen LogP contribution in [0.25, 0.3) is 0 Å². The maximum absolute atomic E-state index is 13.9. The van der Waals surface area contributed by atoms with E-state index in [1.807, 2.05) is 25.1 Å². The summed E-state index contributed by atoms with van der Waals surface area (Å²) < 4.78 is 19.3. The van der Waals surface area contributed by atoms with Crippen molar-refractivity contribution in [2.75, 3.05) is 0 Å². The van der Waals surface area contributed by atoms with Crippen LogP contribution in [-0.4, -0.2) is 0 Å². The molecule has 2 aromatic carbocycles. The zero-order valence-corrected chi connectivity index (χ0v) is 12.2. The molecular weight excluding hydrogens is 277 g/mol. The van der Waals surface area contributed by atoms with E-state index in [9.17, 15) is 4.39 Å². The molecule has 0 aromatic heterocycles. The average Bonchev–Trinajstić information content (AvgIpc) is 2.38. The summed E-state index contributed by atoms with van der Waals surface area (Å²) in [6.45, 7) is 4.00. The molecule has 2 rings (SSSR count). The van der Waals surface area contributed by atoms with Crippen LogP contribution in [0.15, 0.2) is 36.4 Å². The van der Waals surface area contributed by atoms with E-state index in [0.717, 1.165) is 16.7 Å². The summed E-state index contributed by atoms with van der Waals surface area (Å²) in [5.74, 6) is -0.214. The minimum atomic E-state index is -0.414. The highest BCUT2D eigenvalue weighted by atomic mass is 35.5. The molecule has 0 aliphatic rings. The third-order valence-corrected chi connectivity index (χ3v) is 3.43. The van der Waals surface area contributed by atoms with Gasteiger partial charge in [0, 0.05) is 16.6 Å². The first-order valence-corrected chi connectivity index (χ1v) is 6.78. The van der Waals surface area contributed by atoms with Gasteiger partial charge in [-0.05, 0) is 43.2 Å². The molecule has 1 atom stereocenters. The van der Waals surface area contributed by atoms with E-state index in [1.54, 1.807) is 19.1 Å². The minimum absolute atomic E-state index is 0.200. The maximum Gasteiger partial charge on any atom is 0.165 e. The second-order valence-corrected chi connectivity index (χ2v) is 5.27. The van der Waals surface area contributed by atoms with Crippen LogP contribution in [0, 0.1) is 12.7 Å². The van der Waals surface area contributed by atoms with Crippen molar-refractivity contribution in [1.29, 1.82) is 0 Å². The highest BCUT2D eigenvalue weighted by Crippen LogP contribution is 2.24. The Morgan fingerprint density at radius 2 is 2.00 bits per heavy atom. The molecule has 0 saturated carbocycles. The van der Waals surface area contributed by atoms with Crippen molar-refractivity contribution in [3.8, 4) is 5.75 Å². The van der Waals surface area contributed by atoms with E-state index in [2.05, 4.69) is 0 Å². The van der Waals surface area contributed by atoms with Gasteiger partial charge in [0.1, 0.15) is 6.61 Å². The first kappa shape index (κ1) is 14.8. The standard InChI is InChI=1S/C16H17ClFNO/c1-10-3-4-13(14(17)7-10)9-20-16-6-5-12(11(2)19)8-15(16)18/h3-8,11H,9,19H2,1-2H3/t11-/m1/s1. The van der Waals surface area contributed by atoms with Gasteiger partial charge in [0.25, 0.3) is 0 Å². The van der Waals surface area contributed by atoms with Crippen LogP contribution in [-0.2, 0) is 6.61 Å². The van der Waals surface area contributed by atoms with Gasteiger partial charge in [0.05, 0.1) is 0 Å². The van der Waals surface area contributed by atoms with Gasteiger partial charge in [-0.25, -0.2) is 4.39 Å². The van der Waals surface area contributed by atoms with Crippen LogP contribution >= 0.6 is 11.6 Å². The summed E-state index contributed by atoms with van der Waals surface area (Å²) in [4.78, 5) is 0. The van der Waals surface area contributed by atoms with E-state index in [4.69, 9.17) is 22.1 Å². The lowest BCUT2D eigenvalue weighted by Gasteiger charge is -2.11. The van der Waals surface area contributed by atoms with E-state index >= 15 is 0 Å². The largest absolute Gasteiger partial charge is 0.486 e. The molecule has 0 aliphatic carbocycles. The topological polar surface area (TPSA) is 35.2 Å². The predicted molar refractivity (Wildman–Crippen MR) is 79.5 cm³/mol. The van der Waals surface area contributed by atoms with Gasteiger partial charge in [-0.3, -0.25) is 0 Å². The molecule has 0 spiro atoms. The van der Waals surface area contributed by atoms with E-state index in [-0.39, 0.29) is 18.4 Å². The molecule has 106 valence electrons. The van der Waals surface area contributed by atoms with Crippen molar-refractivity contribution in [3.05, 3.63) is 63.9 Å². The third kappa shape index (κ3) is 3.50. The van der Waals surface area contributed by atoms with Crippen molar-refractivity contribution in [1.82, 2.24) is 0 Å². The number of hydrogen-bond acceptors (Lipinski definition) is 2. The smallest absolute Gasteiger partial charge is 0.165 e. The minimum Gasteiger partial charge on any atom is -0.486 e. The number of aryl methyl sites for hydroxylation is 1. The van der Waals surface area contributed by atoms with E-state index < -0.39 is 5.82 Å². The lowest BCUT2D eigenvalue weighted by Crippen LogP contribution is -2.06.